The lowest BCUT2D eigenvalue weighted by Gasteiger charge is -2.17. The van der Waals surface area contributed by atoms with E-state index >= 15 is 0 Å². The first-order chi connectivity index (χ1) is 7.82. The van der Waals surface area contributed by atoms with Crippen molar-refractivity contribution in [1.82, 2.24) is 14.5 Å². The Bertz CT molecular complexity index is 546. The Kier molecular flexibility index (Phi) is 2.60. The summed E-state index contributed by atoms with van der Waals surface area (Å²) in [5, 5.41) is 0.994. The van der Waals surface area contributed by atoms with Crippen molar-refractivity contribution in [3.63, 3.8) is 0 Å². The normalized spacial score (nSPS) is 12.6. The van der Waals surface area contributed by atoms with E-state index in [0.29, 0.717) is 11.9 Å². The highest BCUT2D eigenvalue weighted by atomic mass is 15.1. The maximum absolute atomic E-state index is 6.00. The van der Waals surface area contributed by atoms with Crippen LogP contribution in [0, 0.1) is 0 Å². The number of anilines is 1. The van der Waals surface area contributed by atoms with Crippen molar-refractivity contribution in [2.45, 2.75) is 46.1 Å². The standard InChI is InChI=1S/C13H20N4/c1-8(2)17-6-9(13(3,4)5)10-11(14)15-7-16-12(10)17/h6-8H,1-5H3,(H2,14,15,16). The predicted molar refractivity (Wildman–Crippen MR) is 71.0 cm³/mol. The van der Waals surface area contributed by atoms with Crippen LogP contribution >= 0.6 is 0 Å². The molecule has 2 N–H and O–H groups in total. The van der Waals surface area contributed by atoms with Gasteiger partial charge >= 0.3 is 0 Å². The summed E-state index contributed by atoms with van der Waals surface area (Å²) in [6.45, 7) is 10.8. The summed E-state index contributed by atoms with van der Waals surface area (Å²) >= 11 is 0. The molecule has 0 bridgehead atoms. The SMILES string of the molecule is CC(C)n1cc(C(C)(C)C)c2c(N)ncnc21. The van der Waals surface area contributed by atoms with Gasteiger partial charge in [-0.15, -0.1) is 0 Å². The minimum absolute atomic E-state index is 0.0389. The largest absolute Gasteiger partial charge is 0.383 e. The van der Waals surface area contributed by atoms with E-state index in [-0.39, 0.29) is 5.41 Å². The van der Waals surface area contributed by atoms with Crippen LogP contribution in [0.3, 0.4) is 0 Å². The average Bonchev–Trinajstić information content (AvgIpc) is 2.57. The summed E-state index contributed by atoms with van der Waals surface area (Å²) in [4.78, 5) is 8.48. The molecule has 0 aliphatic rings. The fourth-order valence-electron chi connectivity index (χ4n) is 2.07. The molecular weight excluding hydrogens is 212 g/mol. The number of hydrogen-bond acceptors (Lipinski definition) is 3. The van der Waals surface area contributed by atoms with Gasteiger partial charge in [-0.05, 0) is 24.8 Å². The van der Waals surface area contributed by atoms with E-state index in [9.17, 15) is 0 Å². The zero-order valence-electron chi connectivity index (χ0n) is 11.2. The van der Waals surface area contributed by atoms with Gasteiger partial charge in [-0.2, -0.15) is 0 Å². The Morgan fingerprint density at radius 1 is 1.24 bits per heavy atom. The lowest BCUT2D eigenvalue weighted by atomic mass is 9.87. The molecule has 17 heavy (non-hydrogen) atoms. The van der Waals surface area contributed by atoms with Crippen LogP contribution in [-0.2, 0) is 5.41 Å². The average molecular weight is 232 g/mol. The van der Waals surface area contributed by atoms with Crippen molar-refractivity contribution in [1.29, 1.82) is 0 Å². The van der Waals surface area contributed by atoms with Crippen LogP contribution in [0.2, 0.25) is 0 Å². The molecule has 0 fully saturated rings. The second kappa shape index (κ2) is 3.72. The lowest BCUT2D eigenvalue weighted by molar-refractivity contribution is 0.576. The molecule has 2 aromatic rings. The molecule has 4 heteroatoms. The summed E-state index contributed by atoms with van der Waals surface area (Å²) in [5.74, 6) is 0.569. The third-order valence-corrected chi connectivity index (χ3v) is 3.00. The Balaban J connectivity index is 2.86. The second-order valence-electron chi connectivity index (χ2n) is 5.75. The maximum Gasteiger partial charge on any atom is 0.146 e. The molecule has 92 valence electrons. The van der Waals surface area contributed by atoms with Crippen LogP contribution in [0.1, 0.15) is 46.2 Å². The van der Waals surface area contributed by atoms with Crippen molar-refractivity contribution >= 4 is 16.9 Å². The molecule has 0 aliphatic carbocycles. The van der Waals surface area contributed by atoms with Gasteiger partial charge in [0.1, 0.15) is 17.8 Å². The number of hydrogen-bond donors (Lipinski definition) is 1. The van der Waals surface area contributed by atoms with Crippen molar-refractivity contribution < 1.29 is 0 Å². The zero-order valence-corrected chi connectivity index (χ0v) is 11.2. The van der Waals surface area contributed by atoms with Crippen molar-refractivity contribution in [3.8, 4) is 0 Å². The van der Waals surface area contributed by atoms with Gasteiger partial charge in [0, 0.05) is 12.2 Å². The predicted octanol–water partition coefficient (Wildman–Crippen LogP) is 2.89. The van der Waals surface area contributed by atoms with Gasteiger partial charge in [0.15, 0.2) is 0 Å². The molecule has 0 amide bonds. The molecular formula is C13H20N4. The number of aromatic nitrogens is 3. The zero-order chi connectivity index (χ0) is 12.8. The van der Waals surface area contributed by atoms with E-state index < -0.39 is 0 Å². The minimum atomic E-state index is 0.0389. The highest BCUT2D eigenvalue weighted by Crippen LogP contribution is 2.34. The fraction of sp³-hybridized carbons (Fsp3) is 0.538. The molecule has 0 aliphatic heterocycles. The van der Waals surface area contributed by atoms with E-state index in [4.69, 9.17) is 5.73 Å². The van der Waals surface area contributed by atoms with E-state index in [1.54, 1.807) is 0 Å². The van der Waals surface area contributed by atoms with Crippen LogP contribution in [0.25, 0.3) is 11.0 Å². The van der Waals surface area contributed by atoms with Crippen molar-refractivity contribution in [2.75, 3.05) is 5.73 Å². The Labute approximate surface area is 102 Å². The number of fused-ring (bicyclic) bond motifs is 1. The molecule has 4 nitrogen and oxygen atoms in total. The van der Waals surface area contributed by atoms with Gasteiger partial charge in [-0.25, -0.2) is 9.97 Å². The Morgan fingerprint density at radius 3 is 2.41 bits per heavy atom. The Morgan fingerprint density at radius 2 is 1.88 bits per heavy atom. The lowest BCUT2D eigenvalue weighted by Crippen LogP contribution is -2.11. The highest BCUT2D eigenvalue weighted by molar-refractivity contribution is 5.90. The van der Waals surface area contributed by atoms with Crippen LogP contribution in [-0.4, -0.2) is 14.5 Å². The van der Waals surface area contributed by atoms with E-state index in [1.807, 2.05) is 0 Å². The molecule has 0 spiro atoms. The van der Waals surface area contributed by atoms with E-state index in [2.05, 4.69) is 55.4 Å². The van der Waals surface area contributed by atoms with Gasteiger partial charge in [0.25, 0.3) is 0 Å². The first-order valence-corrected chi connectivity index (χ1v) is 5.94. The first kappa shape index (κ1) is 11.9. The van der Waals surface area contributed by atoms with Crippen LogP contribution in [0.4, 0.5) is 5.82 Å². The molecule has 2 heterocycles. The van der Waals surface area contributed by atoms with Gasteiger partial charge in [0.2, 0.25) is 0 Å². The molecule has 2 rings (SSSR count). The summed E-state index contributed by atoms with van der Waals surface area (Å²) < 4.78 is 2.16. The summed E-state index contributed by atoms with van der Waals surface area (Å²) in [6.07, 6.45) is 3.68. The molecule has 2 aromatic heterocycles. The van der Waals surface area contributed by atoms with Gasteiger partial charge < -0.3 is 10.3 Å². The van der Waals surface area contributed by atoms with Gasteiger partial charge in [0.05, 0.1) is 5.39 Å². The Hall–Kier alpha value is -1.58. The summed E-state index contributed by atoms with van der Waals surface area (Å²) in [6, 6.07) is 0.364. The molecule has 0 unspecified atom stereocenters. The van der Waals surface area contributed by atoms with Crippen molar-refractivity contribution in [3.05, 3.63) is 18.1 Å². The van der Waals surface area contributed by atoms with E-state index in [0.717, 1.165) is 11.0 Å². The molecule has 0 aromatic carbocycles. The van der Waals surface area contributed by atoms with Crippen LogP contribution in [0.5, 0.6) is 0 Å². The molecule has 0 saturated heterocycles. The fourth-order valence-corrected chi connectivity index (χ4v) is 2.07. The number of nitrogen functional groups attached to an aromatic ring is 1. The van der Waals surface area contributed by atoms with Crippen molar-refractivity contribution in [2.24, 2.45) is 0 Å². The van der Waals surface area contributed by atoms with Gasteiger partial charge in [-0.3, -0.25) is 0 Å². The summed E-state index contributed by atoms with van der Waals surface area (Å²) in [7, 11) is 0. The third-order valence-electron chi connectivity index (χ3n) is 3.00. The summed E-state index contributed by atoms with van der Waals surface area (Å²) in [5.41, 5.74) is 8.18. The van der Waals surface area contributed by atoms with Gasteiger partial charge in [-0.1, -0.05) is 20.8 Å². The molecule has 0 radical (unpaired) electrons. The number of nitrogens with zero attached hydrogens (tertiary/aromatic N) is 3. The first-order valence-electron chi connectivity index (χ1n) is 5.94. The second-order valence-corrected chi connectivity index (χ2v) is 5.75. The van der Waals surface area contributed by atoms with E-state index in [1.165, 1.54) is 11.9 Å². The highest BCUT2D eigenvalue weighted by Gasteiger charge is 2.23. The minimum Gasteiger partial charge on any atom is -0.383 e. The van der Waals surface area contributed by atoms with Crippen LogP contribution in [0.15, 0.2) is 12.5 Å². The monoisotopic (exact) mass is 232 g/mol. The molecule has 0 atom stereocenters. The smallest absolute Gasteiger partial charge is 0.146 e. The maximum atomic E-state index is 6.00. The van der Waals surface area contributed by atoms with Crippen LogP contribution < -0.4 is 5.73 Å². The topological polar surface area (TPSA) is 56.7 Å². The third kappa shape index (κ3) is 1.88. The molecule has 0 saturated carbocycles. The number of rotatable bonds is 1. The quantitative estimate of drug-likeness (QED) is 0.822. The number of nitrogens with two attached hydrogens (primary N) is 1.